The molecule has 0 aliphatic carbocycles. The normalized spacial score (nSPS) is 11.2. The Morgan fingerprint density at radius 1 is 1.04 bits per heavy atom. The van der Waals surface area contributed by atoms with E-state index in [-0.39, 0.29) is 22.1 Å². The molecule has 0 heterocycles. The van der Waals surface area contributed by atoms with Crippen LogP contribution in [0, 0.1) is 5.82 Å². The first-order valence-corrected chi connectivity index (χ1v) is 9.78. The van der Waals surface area contributed by atoms with Crippen LogP contribution in [0.15, 0.2) is 53.4 Å². The van der Waals surface area contributed by atoms with Crippen molar-refractivity contribution in [3.63, 3.8) is 0 Å². The van der Waals surface area contributed by atoms with Gasteiger partial charge in [-0.15, -0.1) is 0 Å². The molecule has 0 saturated heterocycles. The van der Waals surface area contributed by atoms with Crippen LogP contribution in [0.4, 0.5) is 10.1 Å². The van der Waals surface area contributed by atoms with E-state index >= 15 is 0 Å². The van der Waals surface area contributed by atoms with Crippen molar-refractivity contribution in [2.24, 2.45) is 0 Å². The molecule has 140 valence electrons. The topological polar surface area (TPSA) is 87.3 Å². The highest BCUT2D eigenvalue weighted by Gasteiger charge is 2.18. The highest BCUT2D eigenvalue weighted by Crippen LogP contribution is 2.19. The molecule has 0 aliphatic heterocycles. The third-order valence-electron chi connectivity index (χ3n) is 3.54. The van der Waals surface area contributed by atoms with Gasteiger partial charge in [0, 0.05) is 18.7 Å². The van der Waals surface area contributed by atoms with Crippen LogP contribution < -0.4 is 15.4 Å². The third kappa shape index (κ3) is 5.53. The van der Waals surface area contributed by atoms with Crippen LogP contribution in [-0.4, -0.2) is 34.0 Å². The summed E-state index contributed by atoms with van der Waals surface area (Å²) in [6, 6.07) is 11.1. The van der Waals surface area contributed by atoms with Crippen LogP contribution in [0.2, 0.25) is 0 Å². The summed E-state index contributed by atoms with van der Waals surface area (Å²) in [5.41, 5.74) is 0.0706. The fourth-order valence-corrected chi connectivity index (χ4v) is 3.33. The summed E-state index contributed by atoms with van der Waals surface area (Å²) in [7, 11) is -4.01. The number of amides is 1. The third-order valence-corrected chi connectivity index (χ3v) is 4.90. The standard InChI is InChI=1S/C18H22FN3O3S/c1-2-10-20-11-12-21-18(23)14-6-5-7-15(13-14)26(24,25)22-17-9-4-3-8-16(17)19/h3-9,13,20,22H,2,10-12H2,1H3,(H,21,23). The van der Waals surface area contributed by atoms with Crippen LogP contribution in [0.1, 0.15) is 23.7 Å². The quantitative estimate of drug-likeness (QED) is 0.584. The van der Waals surface area contributed by atoms with E-state index in [1.165, 1.54) is 42.5 Å². The largest absolute Gasteiger partial charge is 0.351 e. The van der Waals surface area contributed by atoms with Gasteiger partial charge < -0.3 is 10.6 Å². The maximum Gasteiger partial charge on any atom is 0.262 e. The fourth-order valence-electron chi connectivity index (χ4n) is 2.22. The molecule has 0 aliphatic rings. The van der Waals surface area contributed by atoms with Crippen molar-refractivity contribution < 1.29 is 17.6 Å². The minimum Gasteiger partial charge on any atom is -0.351 e. The second kappa shape index (κ2) is 9.30. The minimum atomic E-state index is -4.01. The Labute approximate surface area is 152 Å². The van der Waals surface area contributed by atoms with Crippen LogP contribution in [0.5, 0.6) is 0 Å². The summed E-state index contributed by atoms with van der Waals surface area (Å²) in [6.45, 7) is 3.98. The SMILES string of the molecule is CCCNCCNC(=O)c1cccc(S(=O)(=O)Nc2ccccc2F)c1. The first-order chi connectivity index (χ1) is 12.4. The number of rotatable bonds is 9. The maximum atomic E-state index is 13.7. The number of carbonyl (C=O) groups is 1. The van der Waals surface area contributed by atoms with Crippen molar-refractivity contribution >= 4 is 21.6 Å². The van der Waals surface area contributed by atoms with E-state index in [0.29, 0.717) is 13.1 Å². The maximum absolute atomic E-state index is 13.7. The molecule has 2 aromatic rings. The molecular formula is C18H22FN3O3S. The zero-order valence-corrected chi connectivity index (χ0v) is 15.3. The number of sulfonamides is 1. The number of halogens is 1. The number of carbonyl (C=O) groups excluding carboxylic acids is 1. The van der Waals surface area contributed by atoms with Gasteiger partial charge >= 0.3 is 0 Å². The molecule has 3 N–H and O–H groups in total. The zero-order chi connectivity index (χ0) is 19.0. The van der Waals surface area contributed by atoms with E-state index in [1.54, 1.807) is 0 Å². The highest BCUT2D eigenvalue weighted by atomic mass is 32.2. The van der Waals surface area contributed by atoms with Crippen molar-refractivity contribution in [3.05, 3.63) is 59.9 Å². The number of hydrogen-bond acceptors (Lipinski definition) is 4. The number of anilines is 1. The molecule has 1 amide bonds. The Bertz CT molecular complexity index is 856. The lowest BCUT2D eigenvalue weighted by Gasteiger charge is -2.10. The van der Waals surface area contributed by atoms with Gasteiger partial charge in [0.15, 0.2) is 0 Å². The Kier molecular flexibility index (Phi) is 7.11. The number of para-hydroxylation sites is 1. The Morgan fingerprint density at radius 3 is 2.54 bits per heavy atom. The van der Waals surface area contributed by atoms with Crippen LogP contribution in [0.3, 0.4) is 0 Å². The number of hydrogen-bond donors (Lipinski definition) is 3. The van der Waals surface area contributed by atoms with E-state index in [1.807, 2.05) is 6.92 Å². The van der Waals surface area contributed by atoms with Crippen LogP contribution in [0.25, 0.3) is 0 Å². The molecule has 6 nitrogen and oxygen atoms in total. The van der Waals surface area contributed by atoms with Crippen molar-refractivity contribution in [1.82, 2.24) is 10.6 Å². The van der Waals surface area contributed by atoms with Gasteiger partial charge in [0.25, 0.3) is 15.9 Å². The van der Waals surface area contributed by atoms with Gasteiger partial charge in [-0.1, -0.05) is 25.1 Å². The summed E-state index contributed by atoms with van der Waals surface area (Å²) in [5, 5.41) is 5.87. The Balaban J connectivity index is 2.07. The van der Waals surface area contributed by atoms with E-state index in [9.17, 15) is 17.6 Å². The fraction of sp³-hybridized carbons (Fsp3) is 0.278. The second-order valence-corrected chi connectivity index (χ2v) is 7.30. The predicted octanol–water partition coefficient (Wildman–Crippen LogP) is 2.36. The van der Waals surface area contributed by atoms with E-state index < -0.39 is 15.8 Å². The minimum absolute atomic E-state index is 0.113. The molecule has 0 fully saturated rings. The Hall–Kier alpha value is -2.45. The first kappa shape index (κ1) is 19.9. The summed E-state index contributed by atoms with van der Waals surface area (Å²) >= 11 is 0. The van der Waals surface area contributed by atoms with Crippen LogP contribution >= 0.6 is 0 Å². The van der Waals surface area contributed by atoms with Crippen LogP contribution in [-0.2, 0) is 10.0 Å². The van der Waals surface area contributed by atoms with Gasteiger partial charge in [0.1, 0.15) is 5.82 Å². The summed E-state index contributed by atoms with van der Waals surface area (Å²) < 4.78 is 40.7. The molecule has 0 spiro atoms. The molecule has 0 bridgehead atoms. The zero-order valence-electron chi connectivity index (χ0n) is 14.5. The van der Waals surface area contributed by atoms with E-state index in [4.69, 9.17) is 0 Å². The highest BCUT2D eigenvalue weighted by molar-refractivity contribution is 7.92. The Morgan fingerprint density at radius 2 is 1.81 bits per heavy atom. The molecule has 0 radical (unpaired) electrons. The predicted molar refractivity (Wildman–Crippen MR) is 99.1 cm³/mol. The molecule has 0 saturated carbocycles. The van der Waals surface area contributed by atoms with Gasteiger partial charge in [-0.25, -0.2) is 12.8 Å². The van der Waals surface area contributed by atoms with Crippen molar-refractivity contribution in [1.29, 1.82) is 0 Å². The van der Waals surface area contributed by atoms with Gasteiger partial charge in [-0.05, 0) is 43.3 Å². The lowest BCUT2D eigenvalue weighted by molar-refractivity contribution is 0.0953. The smallest absolute Gasteiger partial charge is 0.262 e. The molecule has 8 heteroatoms. The van der Waals surface area contributed by atoms with E-state index in [2.05, 4.69) is 15.4 Å². The molecule has 0 unspecified atom stereocenters. The molecule has 26 heavy (non-hydrogen) atoms. The van der Waals surface area contributed by atoms with Crippen molar-refractivity contribution in [3.8, 4) is 0 Å². The van der Waals surface area contributed by atoms with Gasteiger partial charge in [0.2, 0.25) is 0 Å². The first-order valence-electron chi connectivity index (χ1n) is 8.30. The molecule has 0 aromatic heterocycles. The van der Waals surface area contributed by atoms with Gasteiger partial charge in [0.05, 0.1) is 10.6 Å². The summed E-state index contributed by atoms with van der Waals surface area (Å²) in [4.78, 5) is 12.0. The number of benzene rings is 2. The molecule has 2 aromatic carbocycles. The van der Waals surface area contributed by atoms with Crippen molar-refractivity contribution in [2.75, 3.05) is 24.4 Å². The molecular weight excluding hydrogens is 357 g/mol. The summed E-state index contributed by atoms with van der Waals surface area (Å²) in [6.07, 6.45) is 1.00. The average Bonchev–Trinajstić information content (AvgIpc) is 2.63. The van der Waals surface area contributed by atoms with E-state index in [0.717, 1.165) is 19.0 Å². The molecule has 0 atom stereocenters. The number of nitrogens with one attached hydrogen (secondary N) is 3. The second-order valence-electron chi connectivity index (χ2n) is 5.62. The monoisotopic (exact) mass is 379 g/mol. The average molecular weight is 379 g/mol. The summed E-state index contributed by atoms with van der Waals surface area (Å²) in [5.74, 6) is -1.05. The lowest BCUT2D eigenvalue weighted by Crippen LogP contribution is -2.32. The van der Waals surface area contributed by atoms with Crippen molar-refractivity contribution in [2.45, 2.75) is 18.2 Å². The van der Waals surface area contributed by atoms with Gasteiger partial charge in [-0.2, -0.15) is 0 Å². The van der Waals surface area contributed by atoms with Gasteiger partial charge in [-0.3, -0.25) is 9.52 Å². The molecule has 2 rings (SSSR count). The lowest BCUT2D eigenvalue weighted by atomic mass is 10.2.